The van der Waals surface area contributed by atoms with Crippen molar-refractivity contribution >= 4 is 17.5 Å². The quantitative estimate of drug-likeness (QED) is 0.751. The lowest BCUT2D eigenvalue weighted by atomic mass is 10.1. The van der Waals surface area contributed by atoms with E-state index >= 15 is 0 Å². The Morgan fingerprint density at radius 3 is 2.83 bits per heavy atom. The smallest absolute Gasteiger partial charge is 0.231 e. The molecule has 2 aromatic rings. The average molecular weight is 396 g/mol. The van der Waals surface area contributed by atoms with Gasteiger partial charge in [0.2, 0.25) is 18.6 Å². The average Bonchev–Trinajstić information content (AvgIpc) is 3.34. The largest absolute Gasteiger partial charge is 0.492 e. The number of nitrogens with zero attached hydrogens (tertiary/aromatic N) is 2. The number of amides is 2. The van der Waals surface area contributed by atoms with Crippen LogP contribution in [0, 0.1) is 5.92 Å². The van der Waals surface area contributed by atoms with Gasteiger partial charge in [0.25, 0.3) is 0 Å². The maximum absolute atomic E-state index is 13.0. The summed E-state index contributed by atoms with van der Waals surface area (Å²) in [4.78, 5) is 28.9. The van der Waals surface area contributed by atoms with Crippen molar-refractivity contribution in [1.29, 1.82) is 0 Å². The van der Waals surface area contributed by atoms with Gasteiger partial charge in [-0.05, 0) is 36.8 Å². The van der Waals surface area contributed by atoms with E-state index < -0.39 is 0 Å². The van der Waals surface area contributed by atoms with E-state index in [4.69, 9.17) is 14.2 Å². The molecule has 2 aliphatic rings. The molecule has 1 unspecified atom stereocenters. The number of hydrogen-bond acceptors (Lipinski definition) is 5. The number of carbonyl (C=O) groups excluding carboxylic acids is 2. The van der Waals surface area contributed by atoms with Crippen molar-refractivity contribution in [2.45, 2.75) is 19.9 Å². The Labute approximate surface area is 169 Å². The molecule has 0 N–H and O–H groups in total. The molecule has 0 spiro atoms. The van der Waals surface area contributed by atoms with E-state index in [0.717, 1.165) is 5.56 Å². The SMILES string of the molecule is CCOc1ccccc1N1CC(C(=O)N(C)Cc2ccc3c(c2)OCO3)CC1=O. The molecule has 1 saturated heterocycles. The van der Waals surface area contributed by atoms with Gasteiger partial charge in [-0.15, -0.1) is 0 Å². The third kappa shape index (κ3) is 3.85. The molecule has 29 heavy (non-hydrogen) atoms. The van der Waals surface area contributed by atoms with E-state index in [2.05, 4.69) is 0 Å². The van der Waals surface area contributed by atoms with E-state index in [1.54, 1.807) is 16.8 Å². The first kappa shape index (κ1) is 19.1. The van der Waals surface area contributed by atoms with Crippen molar-refractivity contribution < 1.29 is 23.8 Å². The van der Waals surface area contributed by atoms with Gasteiger partial charge < -0.3 is 24.0 Å². The van der Waals surface area contributed by atoms with Gasteiger partial charge in [-0.2, -0.15) is 0 Å². The van der Waals surface area contributed by atoms with Gasteiger partial charge >= 0.3 is 0 Å². The highest BCUT2D eigenvalue weighted by Crippen LogP contribution is 2.35. The van der Waals surface area contributed by atoms with Crippen LogP contribution in [-0.4, -0.2) is 43.7 Å². The van der Waals surface area contributed by atoms with Crippen LogP contribution in [0.1, 0.15) is 18.9 Å². The highest BCUT2D eigenvalue weighted by atomic mass is 16.7. The van der Waals surface area contributed by atoms with Gasteiger partial charge in [0, 0.05) is 26.6 Å². The summed E-state index contributed by atoms with van der Waals surface area (Å²) in [5.41, 5.74) is 1.67. The first-order valence-electron chi connectivity index (χ1n) is 9.72. The topological polar surface area (TPSA) is 68.3 Å². The first-order valence-corrected chi connectivity index (χ1v) is 9.72. The Balaban J connectivity index is 1.44. The summed E-state index contributed by atoms with van der Waals surface area (Å²) in [5.74, 6) is 1.58. The Morgan fingerprint density at radius 2 is 2.00 bits per heavy atom. The molecule has 1 fully saturated rings. The number of anilines is 1. The number of hydrogen-bond donors (Lipinski definition) is 0. The molecule has 152 valence electrons. The third-order valence-corrected chi connectivity index (χ3v) is 5.16. The summed E-state index contributed by atoms with van der Waals surface area (Å²) in [5, 5.41) is 0. The van der Waals surface area contributed by atoms with Crippen LogP contribution in [0.15, 0.2) is 42.5 Å². The number of benzene rings is 2. The van der Waals surface area contributed by atoms with Crippen LogP contribution in [0.4, 0.5) is 5.69 Å². The number of carbonyl (C=O) groups is 2. The Kier molecular flexibility index (Phi) is 5.29. The van der Waals surface area contributed by atoms with Crippen molar-refractivity contribution in [1.82, 2.24) is 4.90 Å². The molecule has 0 aliphatic carbocycles. The van der Waals surface area contributed by atoms with Crippen LogP contribution < -0.4 is 19.1 Å². The van der Waals surface area contributed by atoms with Crippen LogP contribution in [-0.2, 0) is 16.1 Å². The lowest BCUT2D eigenvalue weighted by Gasteiger charge is -2.22. The molecular weight excluding hydrogens is 372 g/mol. The van der Waals surface area contributed by atoms with Crippen LogP contribution in [0.3, 0.4) is 0 Å². The summed E-state index contributed by atoms with van der Waals surface area (Å²) in [7, 11) is 1.76. The molecular formula is C22H24N2O5. The van der Waals surface area contributed by atoms with E-state index in [-0.39, 0.29) is 30.9 Å². The maximum Gasteiger partial charge on any atom is 0.231 e. The number of ether oxygens (including phenoxy) is 3. The van der Waals surface area contributed by atoms with Crippen LogP contribution in [0.25, 0.3) is 0 Å². The lowest BCUT2D eigenvalue weighted by Crippen LogP contribution is -2.34. The summed E-state index contributed by atoms with van der Waals surface area (Å²) in [6.45, 7) is 3.43. The Bertz CT molecular complexity index is 929. The molecule has 2 heterocycles. The lowest BCUT2D eigenvalue weighted by molar-refractivity contribution is -0.135. The summed E-state index contributed by atoms with van der Waals surface area (Å²) < 4.78 is 16.4. The second kappa shape index (κ2) is 8.03. The zero-order valence-corrected chi connectivity index (χ0v) is 16.6. The minimum Gasteiger partial charge on any atom is -0.492 e. The van der Waals surface area contributed by atoms with Crippen molar-refractivity contribution in [3.63, 3.8) is 0 Å². The van der Waals surface area contributed by atoms with Gasteiger partial charge in [0.05, 0.1) is 18.2 Å². The fourth-order valence-corrected chi connectivity index (χ4v) is 3.77. The van der Waals surface area contributed by atoms with Crippen molar-refractivity contribution in [3.8, 4) is 17.2 Å². The van der Waals surface area contributed by atoms with Crippen molar-refractivity contribution in [2.75, 3.05) is 31.9 Å². The van der Waals surface area contributed by atoms with E-state index in [9.17, 15) is 9.59 Å². The number of rotatable bonds is 6. The molecule has 0 aromatic heterocycles. The van der Waals surface area contributed by atoms with Gasteiger partial charge in [0.15, 0.2) is 11.5 Å². The molecule has 7 heteroatoms. The summed E-state index contributed by atoms with van der Waals surface area (Å²) >= 11 is 0. The van der Waals surface area contributed by atoms with Crippen LogP contribution >= 0.6 is 0 Å². The second-order valence-electron chi connectivity index (χ2n) is 7.19. The minimum atomic E-state index is -0.379. The van der Waals surface area contributed by atoms with Crippen LogP contribution in [0.5, 0.6) is 17.2 Å². The minimum absolute atomic E-state index is 0.0487. The second-order valence-corrected chi connectivity index (χ2v) is 7.19. The van der Waals surface area contributed by atoms with Gasteiger partial charge in [-0.1, -0.05) is 18.2 Å². The summed E-state index contributed by atoms with van der Waals surface area (Å²) in [6, 6.07) is 13.1. The normalized spacial score (nSPS) is 17.5. The van der Waals surface area contributed by atoms with E-state index in [1.165, 1.54) is 0 Å². The number of para-hydroxylation sites is 2. The molecule has 1 atom stereocenters. The zero-order valence-electron chi connectivity index (χ0n) is 16.6. The molecule has 4 rings (SSSR count). The van der Waals surface area contributed by atoms with E-state index in [0.29, 0.717) is 42.6 Å². The highest BCUT2D eigenvalue weighted by Gasteiger charge is 2.37. The highest BCUT2D eigenvalue weighted by molar-refractivity contribution is 6.01. The predicted octanol–water partition coefficient (Wildman–Crippen LogP) is 2.83. The Hall–Kier alpha value is -3.22. The van der Waals surface area contributed by atoms with Crippen molar-refractivity contribution in [2.24, 2.45) is 5.92 Å². The van der Waals surface area contributed by atoms with Gasteiger partial charge in [-0.3, -0.25) is 9.59 Å². The number of fused-ring (bicyclic) bond motifs is 1. The van der Waals surface area contributed by atoms with E-state index in [1.807, 2.05) is 49.4 Å². The third-order valence-electron chi connectivity index (χ3n) is 5.16. The standard InChI is InChI=1S/C22H24N2O5/c1-3-27-18-7-5-4-6-17(18)24-13-16(11-21(24)25)22(26)23(2)12-15-8-9-19-20(10-15)29-14-28-19/h4-10,16H,3,11-14H2,1-2H3. The Morgan fingerprint density at radius 1 is 1.21 bits per heavy atom. The monoisotopic (exact) mass is 396 g/mol. The molecule has 2 aromatic carbocycles. The molecule has 7 nitrogen and oxygen atoms in total. The summed E-state index contributed by atoms with van der Waals surface area (Å²) in [6.07, 6.45) is 0.199. The van der Waals surface area contributed by atoms with Crippen LogP contribution in [0.2, 0.25) is 0 Å². The van der Waals surface area contributed by atoms with Crippen molar-refractivity contribution in [3.05, 3.63) is 48.0 Å². The molecule has 0 bridgehead atoms. The van der Waals surface area contributed by atoms with Gasteiger partial charge in [0.1, 0.15) is 5.75 Å². The predicted molar refractivity (Wildman–Crippen MR) is 107 cm³/mol. The fourth-order valence-electron chi connectivity index (χ4n) is 3.77. The molecule has 0 saturated carbocycles. The molecule has 2 amide bonds. The molecule has 2 aliphatic heterocycles. The zero-order chi connectivity index (χ0) is 20.4. The molecule has 0 radical (unpaired) electrons. The maximum atomic E-state index is 13.0. The fraction of sp³-hybridized carbons (Fsp3) is 0.364. The first-order chi connectivity index (χ1) is 14.1. The van der Waals surface area contributed by atoms with Gasteiger partial charge in [-0.25, -0.2) is 0 Å².